The second kappa shape index (κ2) is 13.0. The van der Waals surface area contributed by atoms with Gasteiger partial charge in [0.1, 0.15) is 24.1 Å². The Morgan fingerprint density at radius 2 is 1.67 bits per heavy atom. The minimum atomic E-state index is -2.90. The number of aromatic nitrogens is 3. The maximum Gasteiger partial charge on any atom is 0.387 e. The quantitative estimate of drug-likeness (QED) is 0.240. The van der Waals surface area contributed by atoms with E-state index in [4.69, 9.17) is 0 Å². The predicted molar refractivity (Wildman–Crippen MR) is 163 cm³/mol. The lowest BCUT2D eigenvalue weighted by atomic mass is 9.92. The molecule has 2 aliphatic rings. The van der Waals surface area contributed by atoms with Crippen molar-refractivity contribution in [3.63, 3.8) is 0 Å². The molecule has 2 amide bonds. The summed E-state index contributed by atoms with van der Waals surface area (Å²) in [5.41, 5.74) is 4.03. The number of likely N-dealkylation sites (tertiary alicyclic amines) is 2. The number of fused-ring (bicyclic) bond motifs is 1. The predicted octanol–water partition coefficient (Wildman–Crippen LogP) is 2.83. The van der Waals surface area contributed by atoms with E-state index in [-0.39, 0.29) is 36.6 Å². The first-order chi connectivity index (χ1) is 22.1. The number of ether oxygens (including phenoxy) is 1. The Hall–Kier alpha value is -4.66. The molecule has 6 rings (SSSR count). The van der Waals surface area contributed by atoms with Crippen molar-refractivity contribution in [2.24, 2.45) is 5.92 Å². The number of aryl methyl sites for hydroxylation is 1. The summed E-state index contributed by atoms with van der Waals surface area (Å²) < 4.78 is 31.3. The molecule has 2 aromatic heterocycles. The van der Waals surface area contributed by atoms with Crippen molar-refractivity contribution in [1.82, 2.24) is 24.2 Å². The maximum atomic E-state index is 13.4. The number of amides is 2. The highest BCUT2D eigenvalue weighted by atomic mass is 19.3. The van der Waals surface area contributed by atoms with E-state index in [1.54, 1.807) is 47.8 Å². The number of alkyl halides is 2. The molecule has 242 valence electrons. The molecule has 0 bridgehead atoms. The van der Waals surface area contributed by atoms with Crippen molar-refractivity contribution in [3.8, 4) is 17.0 Å². The zero-order valence-corrected chi connectivity index (χ0v) is 25.0. The first-order valence-electron chi connectivity index (χ1n) is 15.0. The van der Waals surface area contributed by atoms with Gasteiger partial charge in [0, 0.05) is 61.3 Å². The number of anilines is 2. The van der Waals surface area contributed by atoms with Crippen molar-refractivity contribution in [1.29, 1.82) is 0 Å². The lowest BCUT2D eigenvalue weighted by Gasteiger charge is -2.40. The lowest BCUT2D eigenvalue weighted by Crippen LogP contribution is -2.58. The number of aliphatic hydroxyl groups excluding tert-OH is 3. The molecule has 46 heavy (non-hydrogen) atoms. The third kappa shape index (κ3) is 6.36. The minimum absolute atomic E-state index is 0.0310. The van der Waals surface area contributed by atoms with E-state index < -0.39 is 24.9 Å². The fraction of sp³-hybridized carbons (Fsp3) is 0.375. The first kappa shape index (κ1) is 31.3. The van der Waals surface area contributed by atoms with Crippen LogP contribution in [0.1, 0.15) is 28.8 Å². The van der Waals surface area contributed by atoms with E-state index in [1.165, 1.54) is 17.0 Å². The Kier molecular flexibility index (Phi) is 8.84. The highest BCUT2D eigenvalue weighted by Crippen LogP contribution is 2.29. The number of hydrogen-bond acceptors (Lipinski definition) is 9. The molecule has 0 spiro atoms. The Morgan fingerprint density at radius 1 is 0.978 bits per heavy atom. The molecule has 12 nitrogen and oxygen atoms in total. The fourth-order valence-electron chi connectivity index (χ4n) is 6.08. The molecule has 2 saturated heterocycles. The van der Waals surface area contributed by atoms with Crippen molar-refractivity contribution in [2.45, 2.75) is 44.7 Å². The number of hydrogen-bond donors (Lipinski definition) is 4. The Morgan fingerprint density at radius 3 is 2.33 bits per heavy atom. The highest BCUT2D eigenvalue weighted by Gasteiger charge is 2.38. The number of halogens is 2. The average molecular weight is 637 g/mol. The number of carbonyl (C=O) groups excluding carboxylic acids is 2. The van der Waals surface area contributed by atoms with Crippen LogP contribution in [0.5, 0.6) is 5.75 Å². The summed E-state index contributed by atoms with van der Waals surface area (Å²) in [7, 11) is 0. The number of piperidine rings is 2. The van der Waals surface area contributed by atoms with Crippen LogP contribution in [-0.2, 0) is 4.79 Å². The zero-order valence-electron chi connectivity index (χ0n) is 25.0. The van der Waals surface area contributed by atoms with Gasteiger partial charge in [0.2, 0.25) is 5.91 Å². The van der Waals surface area contributed by atoms with E-state index in [0.29, 0.717) is 48.6 Å². The summed E-state index contributed by atoms with van der Waals surface area (Å²) in [5, 5.41) is 33.0. The first-order valence-corrected chi connectivity index (χ1v) is 15.0. The second-order valence-electron chi connectivity index (χ2n) is 11.6. The standard InChI is InChI=1S/C32H34F2N6O6/c1-18-14-21(37-28-29-36-15-24(40(29)13-10-35-28)19-2-5-22(6-3-19)46-32(33)34)4-7-23(18)31(45)38-11-8-20(9-12-38)30(44)39-16-25(41)27(43)26(42)17-39/h2-7,10,13-15,20,25-27,32,41-43H,8-9,11-12,16-17H2,1H3,(H,35,37)/t25-,26+,27?. The summed E-state index contributed by atoms with van der Waals surface area (Å²) >= 11 is 0. The third-order valence-electron chi connectivity index (χ3n) is 8.57. The monoisotopic (exact) mass is 636 g/mol. The van der Waals surface area contributed by atoms with Crippen LogP contribution >= 0.6 is 0 Å². The largest absolute Gasteiger partial charge is 0.435 e. The number of β-amino-alcohol motifs (C(OH)–C–C–N with tert-alkyl or cyclic N) is 2. The van der Waals surface area contributed by atoms with Gasteiger partial charge >= 0.3 is 6.61 Å². The third-order valence-corrected chi connectivity index (χ3v) is 8.57. The van der Waals surface area contributed by atoms with E-state index in [0.717, 1.165) is 16.8 Å². The van der Waals surface area contributed by atoms with Gasteiger partial charge in [0.05, 0.1) is 11.9 Å². The van der Waals surface area contributed by atoms with Crippen LogP contribution < -0.4 is 10.1 Å². The molecule has 4 heterocycles. The van der Waals surface area contributed by atoms with Gasteiger partial charge in [0.15, 0.2) is 11.5 Å². The molecule has 14 heteroatoms. The smallest absolute Gasteiger partial charge is 0.387 e. The number of benzene rings is 2. The van der Waals surface area contributed by atoms with Crippen molar-refractivity contribution >= 4 is 29.0 Å². The maximum absolute atomic E-state index is 13.4. The van der Waals surface area contributed by atoms with Crippen molar-refractivity contribution in [3.05, 3.63) is 72.2 Å². The molecule has 3 atom stereocenters. The van der Waals surface area contributed by atoms with Gasteiger partial charge in [-0.25, -0.2) is 9.97 Å². The second-order valence-corrected chi connectivity index (χ2v) is 11.6. The number of nitrogens with one attached hydrogen (secondary N) is 1. The van der Waals surface area contributed by atoms with Gasteiger partial charge in [0.25, 0.3) is 5.91 Å². The fourth-order valence-corrected chi connectivity index (χ4v) is 6.08. The van der Waals surface area contributed by atoms with Crippen LogP contribution in [0, 0.1) is 12.8 Å². The van der Waals surface area contributed by atoms with Crippen molar-refractivity contribution < 1.29 is 38.4 Å². The van der Waals surface area contributed by atoms with E-state index >= 15 is 0 Å². The molecule has 2 fully saturated rings. The van der Waals surface area contributed by atoms with Gasteiger partial charge in [-0.3, -0.25) is 14.0 Å². The number of aliphatic hydroxyl groups is 3. The Labute approximate surface area is 262 Å². The molecular formula is C32H34F2N6O6. The number of rotatable bonds is 7. The Balaban J connectivity index is 1.10. The van der Waals surface area contributed by atoms with Crippen LogP contribution in [0.15, 0.2) is 61.1 Å². The van der Waals surface area contributed by atoms with Crippen LogP contribution in [0.25, 0.3) is 16.9 Å². The summed E-state index contributed by atoms with van der Waals surface area (Å²) in [6.07, 6.45) is 2.29. The van der Waals surface area contributed by atoms with Gasteiger partial charge < -0.3 is 35.2 Å². The molecule has 4 N–H and O–H groups in total. The van der Waals surface area contributed by atoms with Crippen LogP contribution in [0.3, 0.4) is 0 Å². The zero-order chi connectivity index (χ0) is 32.5. The number of carbonyl (C=O) groups is 2. The normalized spacial score (nSPS) is 20.7. The van der Waals surface area contributed by atoms with Gasteiger partial charge in [-0.15, -0.1) is 0 Å². The summed E-state index contributed by atoms with van der Waals surface area (Å²) in [6.45, 7) is -0.325. The summed E-state index contributed by atoms with van der Waals surface area (Å²) in [4.78, 5) is 38.5. The summed E-state index contributed by atoms with van der Waals surface area (Å²) in [6, 6.07) is 11.7. The van der Waals surface area contributed by atoms with Gasteiger partial charge in [-0.05, 0) is 67.8 Å². The van der Waals surface area contributed by atoms with Crippen LogP contribution in [-0.4, -0.2) is 102 Å². The average Bonchev–Trinajstić information content (AvgIpc) is 3.48. The van der Waals surface area contributed by atoms with Gasteiger partial charge in [-0.2, -0.15) is 8.78 Å². The lowest BCUT2D eigenvalue weighted by molar-refractivity contribution is -0.154. The van der Waals surface area contributed by atoms with E-state index in [2.05, 4.69) is 20.0 Å². The van der Waals surface area contributed by atoms with Gasteiger partial charge in [-0.1, -0.05) is 0 Å². The molecule has 4 aromatic rings. The van der Waals surface area contributed by atoms with Crippen LogP contribution in [0.4, 0.5) is 20.3 Å². The molecular weight excluding hydrogens is 602 g/mol. The Bertz CT molecular complexity index is 1710. The molecule has 1 unspecified atom stereocenters. The van der Waals surface area contributed by atoms with Crippen molar-refractivity contribution in [2.75, 3.05) is 31.5 Å². The number of nitrogens with zero attached hydrogens (tertiary/aromatic N) is 5. The molecule has 0 aliphatic carbocycles. The molecule has 2 aliphatic heterocycles. The SMILES string of the molecule is Cc1cc(Nc2nccn3c(-c4ccc(OC(F)F)cc4)cnc23)ccc1C(=O)N1CCC(C(=O)N2C[C@@H](O)C(O)[C@@H](O)C2)CC1. The van der Waals surface area contributed by atoms with E-state index in [9.17, 15) is 33.7 Å². The number of imidazole rings is 1. The topological polar surface area (TPSA) is 153 Å². The minimum Gasteiger partial charge on any atom is -0.435 e. The highest BCUT2D eigenvalue weighted by molar-refractivity contribution is 5.96. The van der Waals surface area contributed by atoms with E-state index in [1.807, 2.05) is 17.4 Å². The molecule has 0 radical (unpaired) electrons. The molecule has 2 aromatic carbocycles. The van der Waals surface area contributed by atoms with Crippen LogP contribution in [0.2, 0.25) is 0 Å². The molecule has 0 saturated carbocycles. The summed E-state index contributed by atoms with van der Waals surface area (Å²) in [5.74, 6) is -0.102.